The SMILES string of the molecule is CC(NC(=O)CCn1cnc2sc3c(c2c1=O)CCCC3)c1ccc2c(c1)OCCO2. The molecule has 0 fully saturated rings. The van der Waals surface area contributed by atoms with Gasteiger partial charge in [0, 0.05) is 17.8 Å². The molecule has 0 radical (unpaired) electrons. The molecule has 3 aromatic rings. The van der Waals surface area contributed by atoms with Crippen molar-refractivity contribution in [2.45, 2.75) is 51.6 Å². The Bertz CT molecular complexity index is 1200. The lowest BCUT2D eigenvalue weighted by atomic mass is 9.97. The lowest BCUT2D eigenvalue weighted by Crippen LogP contribution is -2.29. The summed E-state index contributed by atoms with van der Waals surface area (Å²) in [6, 6.07) is 5.53. The van der Waals surface area contributed by atoms with E-state index < -0.39 is 0 Å². The van der Waals surface area contributed by atoms with Crippen LogP contribution < -0.4 is 20.3 Å². The summed E-state index contributed by atoms with van der Waals surface area (Å²) in [7, 11) is 0. The predicted molar refractivity (Wildman–Crippen MR) is 119 cm³/mol. The van der Waals surface area contributed by atoms with E-state index >= 15 is 0 Å². The molecule has 8 heteroatoms. The second-order valence-electron chi connectivity index (χ2n) is 8.08. The number of hydrogen-bond donors (Lipinski definition) is 1. The Morgan fingerprint density at radius 3 is 2.90 bits per heavy atom. The summed E-state index contributed by atoms with van der Waals surface area (Å²) in [5.74, 6) is 1.32. The van der Waals surface area contributed by atoms with E-state index in [1.807, 2.05) is 25.1 Å². The molecule has 5 rings (SSSR count). The first-order valence-corrected chi connectivity index (χ1v) is 11.6. The van der Waals surface area contributed by atoms with Gasteiger partial charge in [0.2, 0.25) is 5.91 Å². The number of fused-ring (bicyclic) bond motifs is 4. The van der Waals surface area contributed by atoms with E-state index in [1.54, 1.807) is 22.2 Å². The molecule has 1 amide bonds. The number of carbonyl (C=O) groups is 1. The number of amides is 1. The lowest BCUT2D eigenvalue weighted by molar-refractivity contribution is -0.121. The number of rotatable bonds is 5. The first-order chi connectivity index (χ1) is 15.1. The Morgan fingerprint density at radius 2 is 2.03 bits per heavy atom. The maximum Gasteiger partial charge on any atom is 0.262 e. The highest BCUT2D eigenvalue weighted by atomic mass is 32.1. The van der Waals surface area contributed by atoms with Crippen molar-refractivity contribution in [3.8, 4) is 11.5 Å². The summed E-state index contributed by atoms with van der Waals surface area (Å²) in [6.45, 7) is 3.32. The van der Waals surface area contributed by atoms with Crippen molar-refractivity contribution in [2.75, 3.05) is 13.2 Å². The zero-order valence-corrected chi connectivity index (χ0v) is 18.3. The maximum atomic E-state index is 13.0. The standard InChI is InChI=1S/C23H25N3O4S/c1-14(15-6-7-17-18(12-15)30-11-10-29-17)25-20(27)8-9-26-13-24-22-21(23(26)28)16-4-2-3-5-19(16)31-22/h6-7,12-14H,2-5,8-11H2,1H3,(H,25,27). The normalized spacial score (nSPS) is 16.0. The first kappa shape index (κ1) is 20.1. The number of benzene rings is 1. The number of aryl methyl sites for hydroxylation is 3. The van der Waals surface area contributed by atoms with Crippen molar-refractivity contribution in [3.05, 3.63) is 50.9 Å². The van der Waals surface area contributed by atoms with Gasteiger partial charge < -0.3 is 14.8 Å². The summed E-state index contributed by atoms with van der Waals surface area (Å²) in [6.07, 6.45) is 6.07. The fourth-order valence-corrected chi connectivity index (χ4v) is 5.51. The first-order valence-electron chi connectivity index (χ1n) is 10.8. The van der Waals surface area contributed by atoms with Crippen LogP contribution in [0, 0.1) is 0 Å². The van der Waals surface area contributed by atoms with Crippen LogP contribution in [0.5, 0.6) is 11.5 Å². The highest BCUT2D eigenvalue weighted by Crippen LogP contribution is 2.34. The minimum absolute atomic E-state index is 0.0305. The molecule has 1 aromatic carbocycles. The fourth-order valence-electron chi connectivity index (χ4n) is 4.29. The van der Waals surface area contributed by atoms with Gasteiger partial charge in [-0.25, -0.2) is 4.98 Å². The van der Waals surface area contributed by atoms with E-state index in [0.29, 0.717) is 25.5 Å². The van der Waals surface area contributed by atoms with Gasteiger partial charge in [-0.1, -0.05) is 6.07 Å². The van der Waals surface area contributed by atoms with E-state index in [4.69, 9.17) is 9.47 Å². The van der Waals surface area contributed by atoms with Crippen molar-refractivity contribution < 1.29 is 14.3 Å². The fraction of sp³-hybridized carbons (Fsp3) is 0.435. The van der Waals surface area contributed by atoms with Crippen LogP contribution in [-0.2, 0) is 24.2 Å². The topological polar surface area (TPSA) is 82.5 Å². The van der Waals surface area contributed by atoms with Crippen molar-refractivity contribution in [1.29, 1.82) is 0 Å². The van der Waals surface area contributed by atoms with Crippen LogP contribution in [0.4, 0.5) is 0 Å². The number of thiophene rings is 1. The maximum absolute atomic E-state index is 13.0. The van der Waals surface area contributed by atoms with Gasteiger partial charge in [-0.2, -0.15) is 0 Å². The third kappa shape index (κ3) is 3.92. The molecule has 2 aromatic heterocycles. The number of ether oxygens (including phenoxy) is 2. The summed E-state index contributed by atoms with van der Waals surface area (Å²) < 4.78 is 12.7. The van der Waals surface area contributed by atoms with Crippen molar-refractivity contribution in [3.63, 3.8) is 0 Å². The van der Waals surface area contributed by atoms with Crippen LogP contribution in [-0.4, -0.2) is 28.7 Å². The van der Waals surface area contributed by atoms with E-state index in [2.05, 4.69) is 10.3 Å². The van der Waals surface area contributed by atoms with Gasteiger partial charge in [0.05, 0.1) is 17.8 Å². The average Bonchev–Trinajstić information content (AvgIpc) is 3.17. The van der Waals surface area contributed by atoms with Gasteiger partial charge in [0.1, 0.15) is 18.0 Å². The smallest absolute Gasteiger partial charge is 0.262 e. The number of nitrogens with one attached hydrogen (secondary N) is 1. The molecule has 7 nitrogen and oxygen atoms in total. The molecule has 1 aliphatic carbocycles. The van der Waals surface area contributed by atoms with Crippen LogP contribution >= 0.6 is 11.3 Å². The number of aromatic nitrogens is 2. The molecule has 162 valence electrons. The molecule has 1 unspecified atom stereocenters. The Morgan fingerprint density at radius 1 is 1.23 bits per heavy atom. The zero-order valence-electron chi connectivity index (χ0n) is 17.5. The molecule has 2 aliphatic rings. The zero-order chi connectivity index (χ0) is 21.4. The number of hydrogen-bond acceptors (Lipinski definition) is 6. The van der Waals surface area contributed by atoms with Crippen molar-refractivity contribution >= 4 is 27.5 Å². The molecule has 0 spiro atoms. The minimum atomic E-state index is -0.176. The predicted octanol–water partition coefficient (Wildman–Crippen LogP) is 3.38. The Kier molecular flexibility index (Phi) is 5.40. The summed E-state index contributed by atoms with van der Waals surface area (Å²) in [4.78, 5) is 32.2. The molecule has 3 heterocycles. The largest absolute Gasteiger partial charge is 0.486 e. The monoisotopic (exact) mass is 439 g/mol. The van der Waals surface area contributed by atoms with Gasteiger partial charge in [-0.05, 0) is 55.9 Å². The van der Waals surface area contributed by atoms with Crippen LogP contribution in [0.2, 0.25) is 0 Å². The van der Waals surface area contributed by atoms with Crippen molar-refractivity contribution in [2.24, 2.45) is 0 Å². The second-order valence-corrected chi connectivity index (χ2v) is 9.16. The minimum Gasteiger partial charge on any atom is -0.486 e. The number of nitrogens with zero attached hydrogens (tertiary/aromatic N) is 2. The molecule has 1 N–H and O–H groups in total. The third-order valence-electron chi connectivity index (χ3n) is 5.97. The molecule has 0 bridgehead atoms. The van der Waals surface area contributed by atoms with Gasteiger partial charge in [-0.3, -0.25) is 14.2 Å². The van der Waals surface area contributed by atoms with E-state index in [-0.39, 0.29) is 23.9 Å². The summed E-state index contributed by atoms with van der Waals surface area (Å²) in [5.41, 5.74) is 2.09. The molecule has 0 saturated carbocycles. The quantitative estimate of drug-likeness (QED) is 0.659. The van der Waals surface area contributed by atoms with E-state index in [1.165, 1.54) is 16.9 Å². The van der Waals surface area contributed by atoms with E-state index in [9.17, 15) is 9.59 Å². The summed E-state index contributed by atoms with van der Waals surface area (Å²) >= 11 is 1.64. The molecule has 1 aliphatic heterocycles. The van der Waals surface area contributed by atoms with Gasteiger partial charge in [0.15, 0.2) is 11.5 Å². The Labute approximate surface area is 184 Å². The van der Waals surface area contributed by atoms with Gasteiger partial charge >= 0.3 is 0 Å². The third-order valence-corrected chi connectivity index (χ3v) is 7.17. The van der Waals surface area contributed by atoms with Crippen LogP contribution in [0.25, 0.3) is 10.2 Å². The van der Waals surface area contributed by atoms with Crippen molar-refractivity contribution in [1.82, 2.24) is 14.9 Å². The van der Waals surface area contributed by atoms with Crippen LogP contribution in [0.15, 0.2) is 29.3 Å². The summed E-state index contributed by atoms with van der Waals surface area (Å²) in [5, 5.41) is 3.76. The lowest BCUT2D eigenvalue weighted by Gasteiger charge is -2.21. The highest BCUT2D eigenvalue weighted by Gasteiger charge is 2.20. The average molecular weight is 440 g/mol. The molecular weight excluding hydrogens is 414 g/mol. The molecule has 31 heavy (non-hydrogen) atoms. The van der Waals surface area contributed by atoms with Crippen LogP contribution in [0.3, 0.4) is 0 Å². The number of carbonyl (C=O) groups excluding carboxylic acids is 1. The Hall–Kier alpha value is -2.87. The van der Waals surface area contributed by atoms with Gasteiger partial charge in [0.25, 0.3) is 5.56 Å². The molecule has 0 saturated heterocycles. The van der Waals surface area contributed by atoms with Gasteiger partial charge in [-0.15, -0.1) is 11.3 Å². The highest BCUT2D eigenvalue weighted by molar-refractivity contribution is 7.18. The molecule has 1 atom stereocenters. The van der Waals surface area contributed by atoms with E-state index in [0.717, 1.165) is 40.8 Å². The Balaban J connectivity index is 1.26. The van der Waals surface area contributed by atoms with Crippen LogP contribution in [0.1, 0.15) is 48.2 Å². The second kappa shape index (κ2) is 8.34. The molecular formula is C23H25N3O4S.